The molecule has 0 unspecified atom stereocenters. The van der Waals surface area contributed by atoms with E-state index in [9.17, 15) is 19.2 Å². The first-order chi connectivity index (χ1) is 37.0. The fraction of sp³-hybridized carbons (Fsp3) is 0.594. The normalized spacial score (nSPS) is 11.0. The van der Waals surface area contributed by atoms with Crippen molar-refractivity contribution in [1.82, 2.24) is 0 Å². The molecule has 0 aliphatic rings. The first-order valence-corrected chi connectivity index (χ1v) is 29.0. The van der Waals surface area contributed by atoms with E-state index in [2.05, 4.69) is 13.2 Å². The molecule has 0 bridgehead atoms. The molecule has 0 heterocycles. The minimum Gasteiger partial charge on any atom is -0.494 e. The molecule has 0 amide bonds. The van der Waals surface area contributed by atoms with Crippen molar-refractivity contribution in [1.29, 1.82) is 0 Å². The maximum atomic E-state index is 15.0. The van der Waals surface area contributed by atoms with Crippen LogP contribution < -0.4 is 18.9 Å². The van der Waals surface area contributed by atoms with E-state index in [1.807, 2.05) is 0 Å². The van der Waals surface area contributed by atoms with Gasteiger partial charge in [-0.2, -0.15) is 8.78 Å². The highest BCUT2D eigenvalue weighted by Crippen LogP contribution is 2.29. The van der Waals surface area contributed by atoms with E-state index in [0.29, 0.717) is 49.1 Å². The zero-order valence-electron chi connectivity index (χ0n) is 46.5. The molecule has 0 saturated carbocycles. The van der Waals surface area contributed by atoms with Crippen molar-refractivity contribution in [3.8, 4) is 23.0 Å². The minimum atomic E-state index is -1.45. The number of unbranched alkanes of at least 4 members (excludes halogenated alkanes) is 30. The summed E-state index contributed by atoms with van der Waals surface area (Å²) in [6.45, 7) is 12.6. The van der Waals surface area contributed by atoms with E-state index in [1.165, 1.54) is 178 Å². The first kappa shape index (κ1) is 64.8. The number of benzene rings is 3. The Morgan fingerprint density at radius 1 is 0.342 bits per heavy atom. The van der Waals surface area contributed by atoms with Gasteiger partial charge in [0.15, 0.2) is 11.5 Å². The number of hydrogen-bond donors (Lipinski definition) is 0. The van der Waals surface area contributed by atoms with Crippen LogP contribution in [-0.4, -0.2) is 50.3 Å². The molecule has 3 aromatic carbocycles. The smallest absolute Gasteiger partial charge is 0.343 e. The second-order valence-electron chi connectivity index (χ2n) is 20.4. The van der Waals surface area contributed by atoms with E-state index in [-0.39, 0.29) is 23.1 Å². The Morgan fingerprint density at radius 2 is 0.566 bits per heavy atom. The van der Waals surface area contributed by atoms with Crippen LogP contribution in [0, 0.1) is 11.6 Å². The summed E-state index contributed by atoms with van der Waals surface area (Å²) in [6.07, 6.45) is 38.5. The molecule has 0 saturated heterocycles. The Kier molecular flexibility index (Phi) is 35.5. The fourth-order valence-corrected chi connectivity index (χ4v) is 8.68. The quantitative estimate of drug-likeness (QED) is 0.0234. The molecule has 76 heavy (non-hydrogen) atoms. The van der Waals surface area contributed by atoms with E-state index in [1.54, 1.807) is 38.1 Å². The number of esters is 4. The average molecular weight is 1060 g/mol. The van der Waals surface area contributed by atoms with Crippen molar-refractivity contribution < 1.29 is 56.4 Å². The minimum absolute atomic E-state index is 0.136. The maximum absolute atomic E-state index is 15.0. The molecule has 0 aromatic heterocycles. The van der Waals surface area contributed by atoms with Gasteiger partial charge in [-0.05, 0) is 100 Å². The summed E-state index contributed by atoms with van der Waals surface area (Å²) in [5, 5.41) is 0. The standard InChI is InChI=1S/C64H92F2O10/c1-51(2)61(67)73-49-35-31-27-23-19-15-11-7-5-9-13-17-21-25-29-33-47-71-55-41-37-53(38-42-55)63(69)75-57-45-46-58(60(66)59(57)65)76-64(70)54-39-43-56(44-40-54)72-48-34-30-26-22-18-14-10-6-8-12-16-20-24-28-32-36-50-74-62(68)52(3)4/h37-46H,1,3,5-36,47-50H2,2,4H3. The predicted molar refractivity (Wildman–Crippen MR) is 299 cm³/mol. The second kappa shape index (κ2) is 41.6. The largest absolute Gasteiger partial charge is 0.494 e. The molecule has 0 aliphatic carbocycles. The third kappa shape index (κ3) is 30.3. The topological polar surface area (TPSA) is 124 Å². The van der Waals surface area contributed by atoms with Crippen LogP contribution in [0.2, 0.25) is 0 Å². The molecule has 3 aromatic rings. The SMILES string of the molecule is C=C(C)C(=O)OCCCCCCCCCCCCCCCCCCOc1ccc(C(=O)Oc2ccc(OC(=O)c3ccc(OCCCCCCCCCCCCCCCCCCOC(=O)C(=C)C)cc3)c(F)c2F)cc1. The number of hydrogen-bond acceptors (Lipinski definition) is 10. The zero-order chi connectivity index (χ0) is 54.9. The average Bonchev–Trinajstić information content (AvgIpc) is 3.41. The second-order valence-corrected chi connectivity index (χ2v) is 20.4. The predicted octanol–water partition coefficient (Wildman–Crippen LogP) is 17.9. The van der Waals surface area contributed by atoms with Crippen molar-refractivity contribution in [3.05, 3.63) is 108 Å². The zero-order valence-corrected chi connectivity index (χ0v) is 46.5. The van der Waals surface area contributed by atoms with Gasteiger partial charge in [0.2, 0.25) is 11.6 Å². The number of rotatable bonds is 46. The highest BCUT2D eigenvalue weighted by Gasteiger charge is 2.21. The van der Waals surface area contributed by atoms with Crippen molar-refractivity contribution in [2.24, 2.45) is 0 Å². The molecule has 0 fully saturated rings. The van der Waals surface area contributed by atoms with Gasteiger partial charge in [0.05, 0.1) is 37.6 Å². The summed E-state index contributed by atoms with van der Waals surface area (Å²) < 4.78 is 62.3. The Balaban J connectivity index is 1.15. The summed E-state index contributed by atoms with van der Waals surface area (Å²) in [7, 11) is 0. The molecule has 422 valence electrons. The van der Waals surface area contributed by atoms with Crippen LogP contribution in [0.1, 0.15) is 240 Å². The molecule has 0 spiro atoms. The Hall–Kier alpha value is -5.52. The molecule has 3 rings (SSSR count). The third-order valence-electron chi connectivity index (χ3n) is 13.4. The van der Waals surface area contributed by atoms with Crippen LogP contribution in [0.15, 0.2) is 85.0 Å². The van der Waals surface area contributed by atoms with Gasteiger partial charge >= 0.3 is 23.9 Å². The lowest BCUT2D eigenvalue weighted by atomic mass is 10.0. The van der Waals surface area contributed by atoms with Gasteiger partial charge in [-0.1, -0.05) is 193 Å². The maximum Gasteiger partial charge on any atom is 0.343 e. The van der Waals surface area contributed by atoms with Crippen molar-refractivity contribution in [2.75, 3.05) is 26.4 Å². The number of carbonyl (C=O) groups is 4. The van der Waals surface area contributed by atoms with E-state index in [0.717, 1.165) is 63.5 Å². The van der Waals surface area contributed by atoms with Gasteiger partial charge in [-0.15, -0.1) is 0 Å². The molecule has 10 nitrogen and oxygen atoms in total. The van der Waals surface area contributed by atoms with Crippen LogP contribution in [0.3, 0.4) is 0 Å². The number of carbonyl (C=O) groups excluding carboxylic acids is 4. The van der Waals surface area contributed by atoms with Gasteiger partial charge in [0.25, 0.3) is 0 Å². The van der Waals surface area contributed by atoms with Crippen molar-refractivity contribution >= 4 is 23.9 Å². The summed E-state index contributed by atoms with van der Waals surface area (Å²) in [4.78, 5) is 48.3. The fourth-order valence-electron chi connectivity index (χ4n) is 8.68. The molecule has 0 atom stereocenters. The Labute approximate surface area is 455 Å². The molecule has 0 radical (unpaired) electrons. The molecule has 0 aliphatic heterocycles. The van der Waals surface area contributed by atoms with Gasteiger partial charge in [-0.3, -0.25) is 0 Å². The first-order valence-electron chi connectivity index (χ1n) is 29.0. The summed E-state index contributed by atoms with van der Waals surface area (Å²) in [5.41, 5.74) is 1.18. The van der Waals surface area contributed by atoms with Crippen molar-refractivity contribution in [3.63, 3.8) is 0 Å². The molecule has 12 heteroatoms. The summed E-state index contributed by atoms with van der Waals surface area (Å²) >= 11 is 0. The van der Waals surface area contributed by atoms with Crippen LogP contribution in [0.25, 0.3) is 0 Å². The monoisotopic (exact) mass is 1060 g/mol. The van der Waals surface area contributed by atoms with Crippen molar-refractivity contribution in [2.45, 2.75) is 219 Å². The lowest BCUT2D eigenvalue weighted by Crippen LogP contribution is -2.12. The van der Waals surface area contributed by atoms with Crippen LogP contribution in [0.4, 0.5) is 8.78 Å². The summed E-state index contributed by atoms with van der Waals surface area (Å²) in [5.74, 6) is -5.31. The molecular weight excluding hydrogens is 967 g/mol. The van der Waals surface area contributed by atoms with Crippen LogP contribution in [0.5, 0.6) is 23.0 Å². The molecular formula is C64H92F2O10. The summed E-state index contributed by atoms with van der Waals surface area (Å²) in [6, 6.07) is 14.7. The number of halogens is 2. The Morgan fingerprint density at radius 3 is 0.803 bits per heavy atom. The van der Waals surface area contributed by atoms with E-state index < -0.39 is 35.1 Å². The Bertz CT molecular complexity index is 1950. The van der Waals surface area contributed by atoms with Gasteiger partial charge in [0, 0.05) is 11.1 Å². The lowest BCUT2D eigenvalue weighted by Gasteiger charge is -2.11. The van der Waals surface area contributed by atoms with Crippen LogP contribution in [-0.2, 0) is 19.1 Å². The molecule has 0 N–H and O–H groups in total. The highest BCUT2D eigenvalue weighted by molar-refractivity contribution is 5.92. The lowest BCUT2D eigenvalue weighted by molar-refractivity contribution is -0.139. The van der Waals surface area contributed by atoms with Gasteiger partial charge in [-0.25, -0.2) is 19.2 Å². The van der Waals surface area contributed by atoms with E-state index in [4.69, 9.17) is 28.4 Å². The van der Waals surface area contributed by atoms with Gasteiger partial charge in [0.1, 0.15) is 11.5 Å². The third-order valence-corrected chi connectivity index (χ3v) is 13.4. The number of ether oxygens (including phenoxy) is 6. The van der Waals surface area contributed by atoms with Gasteiger partial charge < -0.3 is 28.4 Å². The van der Waals surface area contributed by atoms with Crippen LogP contribution >= 0.6 is 0 Å². The van der Waals surface area contributed by atoms with E-state index >= 15 is 8.78 Å². The highest BCUT2D eigenvalue weighted by atomic mass is 19.2.